The summed E-state index contributed by atoms with van der Waals surface area (Å²) >= 11 is 3.37. The second-order valence-corrected chi connectivity index (χ2v) is 4.57. The number of nitro groups is 1. The molecule has 0 fully saturated rings. The van der Waals surface area contributed by atoms with Gasteiger partial charge in [-0.15, -0.1) is 0 Å². The summed E-state index contributed by atoms with van der Waals surface area (Å²) < 4.78 is 6.37. The molecular weight excluding hydrogens is 300 g/mol. The lowest BCUT2D eigenvalue weighted by Gasteiger charge is -2.01. The molecule has 0 aliphatic heterocycles. The summed E-state index contributed by atoms with van der Waals surface area (Å²) in [6, 6.07) is 8.23. The highest BCUT2D eigenvalue weighted by Crippen LogP contribution is 2.32. The van der Waals surface area contributed by atoms with Gasteiger partial charge in [-0.05, 0) is 25.2 Å². The van der Waals surface area contributed by atoms with E-state index in [-0.39, 0.29) is 5.69 Å². The van der Waals surface area contributed by atoms with E-state index < -0.39 is 4.92 Å². The highest BCUT2D eigenvalue weighted by Gasteiger charge is 2.13. The SMILES string of the molecule is CNCc1ccc(-c2cc([N+](=O)[O-])ccc2Br)o1. The molecule has 18 heavy (non-hydrogen) atoms. The third-order valence-corrected chi connectivity index (χ3v) is 3.13. The fourth-order valence-corrected chi connectivity index (χ4v) is 2.05. The lowest BCUT2D eigenvalue weighted by atomic mass is 10.1. The van der Waals surface area contributed by atoms with Crippen LogP contribution in [0.2, 0.25) is 0 Å². The van der Waals surface area contributed by atoms with Gasteiger partial charge in [0.05, 0.1) is 11.5 Å². The number of nitrogens with zero attached hydrogens (tertiary/aromatic N) is 1. The molecule has 1 heterocycles. The van der Waals surface area contributed by atoms with Crippen LogP contribution in [0.25, 0.3) is 11.3 Å². The molecule has 0 radical (unpaired) electrons. The minimum Gasteiger partial charge on any atom is -0.460 e. The Labute approximate surface area is 112 Å². The predicted octanol–water partition coefficient (Wildman–Crippen LogP) is 3.34. The number of non-ortho nitro benzene ring substituents is 1. The van der Waals surface area contributed by atoms with Crippen molar-refractivity contribution in [1.82, 2.24) is 5.32 Å². The van der Waals surface area contributed by atoms with E-state index in [0.29, 0.717) is 17.9 Å². The van der Waals surface area contributed by atoms with Crippen LogP contribution in [0.5, 0.6) is 0 Å². The van der Waals surface area contributed by atoms with Gasteiger partial charge < -0.3 is 9.73 Å². The van der Waals surface area contributed by atoms with Gasteiger partial charge in [-0.3, -0.25) is 10.1 Å². The topological polar surface area (TPSA) is 68.3 Å². The molecule has 1 N–H and O–H groups in total. The van der Waals surface area contributed by atoms with Crippen molar-refractivity contribution in [2.75, 3.05) is 7.05 Å². The summed E-state index contributed by atoms with van der Waals surface area (Å²) in [5.74, 6) is 1.39. The Morgan fingerprint density at radius 3 is 2.83 bits per heavy atom. The first-order valence-electron chi connectivity index (χ1n) is 5.29. The normalized spacial score (nSPS) is 10.6. The molecule has 6 heteroatoms. The zero-order valence-electron chi connectivity index (χ0n) is 9.64. The van der Waals surface area contributed by atoms with Crippen molar-refractivity contribution in [2.24, 2.45) is 0 Å². The number of nitro benzene ring substituents is 1. The Hall–Kier alpha value is -1.66. The van der Waals surface area contributed by atoms with Crippen molar-refractivity contribution in [3.05, 3.63) is 50.7 Å². The van der Waals surface area contributed by atoms with E-state index in [1.54, 1.807) is 12.1 Å². The summed E-state index contributed by atoms with van der Waals surface area (Å²) in [5, 5.41) is 13.7. The van der Waals surface area contributed by atoms with Gasteiger partial charge in [0.1, 0.15) is 11.5 Å². The summed E-state index contributed by atoms with van der Waals surface area (Å²) in [6.45, 7) is 0.618. The Kier molecular flexibility index (Phi) is 3.78. The molecule has 0 aliphatic rings. The van der Waals surface area contributed by atoms with E-state index in [1.165, 1.54) is 12.1 Å². The fraction of sp³-hybridized carbons (Fsp3) is 0.167. The number of nitrogens with one attached hydrogen (secondary N) is 1. The van der Waals surface area contributed by atoms with Crippen molar-refractivity contribution in [2.45, 2.75) is 6.54 Å². The number of hydrogen-bond donors (Lipinski definition) is 1. The minimum atomic E-state index is -0.423. The Balaban J connectivity index is 2.41. The van der Waals surface area contributed by atoms with Gasteiger partial charge >= 0.3 is 0 Å². The van der Waals surface area contributed by atoms with Gasteiger partial charge in [0, 0.05) is 22.2 Å². The van der Waals surface area contributed by atoms with Crippen LogP contribution in [0, 0.1) is 10.1 Å². The second kappa shape index (κ2) is 5.32. The van der Waals surface area contributed by atoms with Crippen LogP contribution in [-0.4, -0.2) is 12.0 Å². The summed E-state index contributed by atoms with van der Waals surface area (Å²) in [4.78, 5) is 10.3. The van der Waals surface area contributed by atoms with E-state index in [4.69, 9.17) is 4.42 Å². The minimum absolute atomic E-state index is 0.0415. The smallest absolute Gasteiger partial charge is 0.270 e. The van der Waals surface area contributed by atoms with E-state index in [9.17, 15) is 10.1 Å². The van der Waals surface area contributed by atoms with E-state index in [1.807, 2.05) is 13.1 Å². The van der Waals surface area contributed by atoms with Crippen LogP contribution in [0.1, 0.15) is 5.76 Å². The largest absolute Gasteiger partial charge is 0.460 e. The van der Waals surface area contributed by atoms with Crippen molar-refractivity contribution in [3.8, 4) is 11.3 Å². The Bertz CT molecular complexity index is 580. The monoisotopic (exact) mass is 310 g/mol. The molecule has 5 nitrogen and oxygen atoms in total. The van der Waals surface area contributed by atoms with Crippen molar-refractivity contribution in [1.29, 1.82) is 0 Å². The molecule has 0 spiro atoms. The Morgan fingerprint density at radius 2 is 2.17 bits per heavy atom. The van der Waals surface area contributed by atoms with Gasteiger partial charge in [-0.25, -0.2) is 0 Å². The summed E-state index contributed by atoms with van der Waals surface area (Å²) in [7, 11) is 1.82. The number of benzene rings is 1. The number of furan rings is 1. The molecule has 0 unspecified atom stereocenters. The third-order valence-electron chi connectivity index (χ3n) is 2.44. The number of hydrogen-bond acceptors (Lipinski definition) is 4. The highest BCUT2D eigenvalue weighted by atomic mass is 79.9. The van der Waals surface area contributed by atoms with E-state index in [0.717, 1.165) is 10.2 Å². The zero-order valence-corrected chi connectivity index (χ0v) is 11.2. The van der Waals surface area contributed by atoms with Gasteiger partial charge in [0.15, 0.2) is 0 Å². The highest BCUT2D eigenvalue weighted by molar-refractivity contribution is 9.10. The first-order chi connectivity index (χ1) is 8.61. The van der Waals surface area contributed by atoms with Crippen molar-refractivity contribution < 1.29 is 9.34 Å². The summed E-state index contributed by atoms with van der Waals surface area (Å²) in [6.07, 6.45) is 0. The average molecular weight is 311 g/mol. The lowest BCUT2D eigenvalue weighted by molar-refractivity contribution is -0.384. The molecule has 1 aromatic carbocycles. The molecule has 0 bridgehead atoms. The molecule has 0 atom stereocenters. The van der Waals surface area contributed by atoms with E-state index >= 15 is 0 Å². The van der Waals surface area contributed by atoms with Gasteiger partial charge in [0.25, 0.3) is 5.69 Å². The maximum absolute atomic E-state index is 10.8. The van der Waals surface area contributed by atoms with E-state index in [2.05, 4.69) is 21.2 Å². The molecule has 0 amide bonds. The van der Waals surface area contributed by atoms with Crippen LogP contribution < -0.4 is 5.32 Å². The predicted molar refractivity (Wildman–Crippen MR) is 71.3 cm³/mol. The van der Waals surface area contributed by atoms with Crippen molar-refractivity contribution in [3.63, 3.8) is 0 Å². The van der Waals surface area contributed by atoms with Crippen LogP contribution in [0.3, 0.4) is 0 Å². The fourth-order valence-electron chi connectivity index (χ4n) is 1.61. The molecular formula is C12H11BrN2O3. The zero-order chi connectivity index (χ0) is 13.1. The molecule has 0 aliphatic carbocycles. The van der Waals surface area contributed by atoms with Crippen LogP contribution >= 0.6 is 15.9 Å². The molecule has 2 rings (SSSR count). The maximum Gasteiger partial charge on any atom is 0.270 e. The molecule has 1 aromatic heterocycles. The van der Waals surface area contributed by atoms with Crippen LogP contribution in [0.4, 0.5) is 5.69 Å². The van der Waals surface area contributed by atoms with Crippen LogP contribution in [-0.2, 0) is 6.54 Å². The standard InChI is InChI=1S/C12H11BrN2O3/c1-14-7-9-3-5-12(18-9)10-6-8(15(16)17)2-4-11(10)13/h2-6,14H,7H2,1H3. The first-order valence-corrected chi connectivity index (χ1v) is 6.08. The van der Waals surface area contributed by atoms with Crippen LogP contribution in [0.15, 0.2) is 39.2 Å². The lowest BCUT2D eigenvalue weighted by Crippen LogP contribution is -2.03. The first kappa shape index (κ1) is 12.8. The maximum atomic E-state index is 10.8. The molecule has 2 aromatic rings. The van der Waals surface area contributed by atoms with Gasteiger partial charge in [0.2, 0.25) is 0 Å². The summed E-state index contributed by atoms with van der Waals surface area (Å²) in [5.41, 5.74) is 0.714. The quantitative estimate of drug-likeness (QED) is 0.694. The molecule has 0 saturated carbocycles. The average Bonchev–Trinajstić information content (AvgIpc) is 2.78. The Morgan fingerprint density at radius 1 is 1.39 bits per heavy atom. The second-order valence-electron chi connectivity index (χ2n) is 3.72. The molecule has 94 valence electrons. The van der Waals surface area contributed by atoms with Crippen molar-refractivity contribution >= 4 is 21.6 Å². The number of halogens is 1. The van der Waals surface area contributed by atoms with Gasteiger partial charge in [-0.1, -0.05) is 15.9 Å². The van der Waals surface area contributed by atoms with Gasteiger partial charge in [-0.2, -0.15) is 0 Å². The number of rotatable bonds is 4. The molecule has 0 saturated heterocycles. The third kappa shape index (κ3) is 2.60.